The summed E-state index contributed by atoms with van der Waals surface area (Å²) in [5.41, 5.74) is 1.31. The summed E-state index contributed by atoms with van der Waals surface area (Å²) in [7, 11) is 1.53. The first-order valence-corrected chi connectivity index (χ1v) is 10.2. The highest BCUT2D eigenvalue weighted by Gasteiger charge is 2.28. The van der Waals surface area contributed by atoms with Crippen molar-refractivity contribution in [1.82, 2.24) is 9.80 Å². The summed E-state index contributed by atoms with van der Waals surface area (Å²) in [4.78, 5) is 29.0. The average Bonchev–Trinajstić information content (AvgIpc) is 2.75. The van der Waals surface area contributed by atoms with Gasteiger partial charge in [0.2, 0.25) is 11.8 Å². The fraction of sp³-hybridized carbons (Fsp3) is 0.364. The van der Waals surface area contributed by atoms with Crippen LogP contribution in [0.5, 0.6) is 5.75 Å². The Morgan fingerprint density at radius 1 is 1.13 bits per heavy atom. The molecule has 1 fully saturated rings. The van der Waals surface area contributed by atoms with Crippen molar-refractivity contribution in [3.05, 3.63) is 58.9 Å². The lowest BCUT2D eigenvalue weighted by molar-refractivity contribution is -0.133. The second-order valence-electron chi connectivity index (χ2n) is 7.23. The first-order valence-electron chi connectivity index (χ1n) is 9.78. The summed E-state index contributed by atoms with van der Waals surface area (Å²) < 4.78 is 18.3. The van der Waals surface area contributed by atoms with Crippen LogP contribution in [0.4, 0.5) is 10.1 Å². The van der Waals surface area contributed by atoms with Gasteiger partial charge in [-0.15, -0.1) is 0 Å². The molecule has 2 aromatic carbocycles. The van der Waals surface area contributed by atoms with Gasteiger partial charge in [-0.05, 0) is 42.8 Å². The number of carbonyl (C=O) groups excluding carboxylic acids is 2. The van der Waals surface area contributed by atoms with Gasteiger partial charge < -0.3 is 15.0 Å². The lowest BCUT2D eigenvalue weighted by atomic mass is 10.1. The van der Waals surface area contributed by atoms with E-state index in [1.54, 1.807) is 35.2 Å². The third-order valence-corrected chi connectivity index (χ3v) is 5.52. The predicted octanol–water partition coefficient (Wildman–Crippen LogP) is 3.20. The first-order chi connectivity index (χ1) is 14.4. The van der Waals surface area contributed by atoms with E-state index in [0.29, 0.717) is 42.6 Å². The first kappa shape index (κ1) is 22.1. The van der Waals surface area contributed by atoms with Gasteiger partial charge in [0, 0.05) is 31.2 Å². The topological polar surface area (TPSA) is 61.9 Å². The number of nitrogens with zero attached hydrogens (tertiary/aromatic N) is 2. The van der Waals surface area contributed by atoms with E-state index in [1.807, 2.05) is 11.8 Å². The van der Waals surface area contributed by atoms with Crippen molar-refractivity contribution in [2.24, 2.45) is 0 Å². The quantitative estimate of drug-likeness (QED) is 0.760. The molecule has 160 valence electrons. The van der Waals surface area contributed by atoms with Crippen LogP contribution in [-0.2, 0) is 16.0 Å². The Hall–Kier alpha value is -2.64. The predicted molar refractivity (Wildman–Crippen MR) is 114 cm³/mol. The molecular formula is C22H25ClFN3O3. The molecule has 0 saturated carbocycles. The van der Waals surface area contributed by atoms with Gasteiger partial charge in [0.05, 0.1) is 25.3 Å². The maximum absolute atomic E-state index is 13.0. The Bertz CT molecular complexity index is 899. The zero-order chi connectivity index (χ0) is 21.7. The van der Waals surface area contributed by atoms with Crippen LogP contribution >= 0.6 is 11.6 Å². The van der Waals surface area contributed by atoms with Crippen LogP contribution in [0.1, 0.15) is 12.5 Å². The smallest absolute Gasteiger partial charge is 0.241 e. The van der Waals surface area contributed by atoms with E-state index < -0.39 is 0 Å². The zero-order valence-electron chi connectivity index (χ0n) is 17.0. The molecule has 3 rings (SSSR count). The number of halogens is 2. The zero-order valence-corrected chi connectivity index (χ0v) is 17.8. The molecule has 1 aliphatic rings. The molecule has 0 spiro atoms. The van der Waals surface area contributed by atoms with Gasteiger partial charge in [-0.2, -0.15) is 0 Å². The van der Waals surface area contributed by atoms with Crippen molar-refractivity contribution in [2.45, 2.75) is 19.4 Å². The highest BCUT2D eigenvalue weighted by molar-refractivity contribution is 6.31. The molecule has 8 heteroatoms. The fourth-order valence-electron chi connectivity index (χ4n) is 3.43. The van der Waals surface area contributed by atoms with E-state index >= 15 is 0 Å². The minimum atomic E-state index is -0.372. The minimum Gasteiger partial charge on any atom is -0.495 e. The van der Waals surface area contributed by atoms with Crippen LogP contribution < -0.4 is 10.1 Å². The van der Waals surface area contributed by atoms with Crippen molar-refractivity contribution in [3.8, 4) is 5.75 Å². The maximum atomic E-state index is 13.0. The molecule has 1 atom stereocenters. The van der Waals surface area contributed by atoms with E-state index in [9.17, 15) is 14.0 Å². The number of hydrogen-bond donors (Lipinski definition) is 1. The summed E-state index contributed by atoms with van der Waals surface area (Å²) in [6.07, 6.45) is 0.241. The fourth-order valence-corrected chi connectivity index (χ4v) is 3.60. The van der Waals surface area contributed by atoms with Crippen LogP contribution in [0.2, 0.25) is 5.02 Å². The van der Waals surface area contributed by atoms with Gasteiger partial charge in [-0.1, -0.05) is 23.7 Å². The van der Waals surface area contributed by atoms with Crippen molar-refractivity contribution >= 4 is 29.1 Å². The third kappa shape index (κ3) is 5.49. The van der Waals surface area contributed by atoms with Crippen molar-refractivity contribution < 1.29 is 18.7 Å². The number of amides is 2. The van der Waals surface area contributed by atoms with E-state index in [-0.39, 0.29) is 30.1 Å². The van der Waals surface area contributed by atoms with Crippen molar-refractivity contribution in [3.63, 3.8) is 0 Å². The van der Waals surface area contributed by atoms with Gasteiger partial charge in [-0.3, -0.25) is 14.5 Å². The molecule has 30 heavy (non-hydrogen) atoms. The molecule has 0 aliphatic carbocycles. The number of carbonyl (C=O) groups is 2. The molecule has 1 heterocycles. The highest BCUT2D eigenvalue weighted by atomic mass is 35.5. The van der Waals surface area contributed by atoms with Crippen LogP contribution in [-0.4, -0.2) is 60.9 Å². The molecule has 2 amide bonds. The molecule has 0 radical (unpaired) electrons. The normalized spacial score (nSPS) is 15.5. The Labute approximate surface area is 180 Å². The van der Waals surface area contributed by atoms with Crippen LogP contribution in [0.15, 0.2) is 42.5 Å². The second-order valence-corrected chi connectivity index (χ2v) is 7.67. The molecular weight excluding hydrogens is 409 g/mol. The number of benzene rings is 2. The van der Waals surface area contributed by atoms with Gasteiger partial charge in [0.1, 0.15) is 11.6 Å². The SMILES string of the molecule is COc1ccc(Cl)cc1NC(=O)C(C)N1CCN(C(=O)Cc2ccc(F)cc2)CC1. The Morgan fingerprint density at radius 3 is 2.43 bits per heavy atom. The van der Waals surface area contributed by atoms with Gasteiger partial charge in [0.15, 0.2) is 0 Å². The van der Waals surface area contributed by atoms with Crippen LogP contribution in [0, 0.1) is 5.82 Å². The van der Waals surface area contributed by atoms with Crippen LogP contribution in [0.25, 0.3) is 0 Å². The van der Waals surface area contributed by atoms with E-state index in [4.69, 9.17) is 16.3 Å². The molecule has 1 aliphatic heterocycles. The monoisotopic (exact) mass is 433 g/mol. The number of methoxy groups -OCH3 is 1. The molecule has 0 bridgehead atoms. The number of hydrogen-bond acceptors (Lipinski definition) is 4. The van der Waals surface area contributed by atoms with E-state index in [2.05, 4.69) is 5.32 Å². The van der Waals surface area contributed by atoms with Crippen molar-refractivity contribution in [1.29, 1.82) is 0 Å². The summed E-state index contributed by atoms with van der Waals surface area (Å²) in [5, 5.41) is 3.38. The summed E-state index contributed by atoms with van der Waals surface area (Å²) in [5.74, 6) is 0.0577. The molecule has 1 saturated heterocycles. The van der Waals surface area contributed by atoms with Gasteiger partial charge >= 0.3 is 0 Å². The van der Waals surface area contributed by atoms with E-state index in [0.717, 1.165) is 5.56 Å². The number of piperazine rings is 1. The number of ether oxygens (including phenoxy) is 1. The standard InChI is InChI=1S/C22H25ClFN3O3/c1-15(22(29)25-19-14-17(23)5-8-20(19)30-2)26-9-11-27(12-10-26)21(28)13-16-3-6-18(24)7-4-16/h3-8,14-15H,9-13H2,1-2H3,(H,25,29). The lowest BCUT2D eigenvalue weighted by Gasteiger charge is -2.37. The molecule has 1 unspecified atom stereocenters. The van der Waals surface area contributed by atoms with Gasteiger partial charge in [-0.25, -0.2) is 4.39 Å². The highest BCUT2D eigenvalue weighted by Crippen LogP contribution is 2.28. The van der Waals surface area contributed by atoms with E-state index in [1.165, 1.54) is 19.2 Å². The third-order valence-electron chi connectivity index (χ3n) is 5.28. The molecule has 0 aromatic heterocycles. The largest absolute Gasteiger partial charge is 0.495 e. The minimum absolute atomic E-state index is 0.00188. The Morgan fingerprint density at radius 2 is 1.80 bits per heavy atom. The van der Waals surface area contributed by atoms with Crippen LogP contribution in [0.3, 0.4) is 0 Å². The lowest BCUT2D eigenvalue weighted by Crippen LogP contribution is -2.54. The number of anilines is 1. The second kappa shape index (κ2) is 9.91. The number of rotatable bonds is 6. The summed E-state index contributed by atoms with van der Waals surface area (Å²) >= 11 is 6.02. The molecule has 1 N–H and O–H groups in total. The average molecular weight is 434 g/mol. The Balaban J connectivity index is 1.52. The van der Waals surface area contributed by atoms with Crippen molar-refractivity contribution in [2.75, 3.05) is 38.6 Å². The number of nitrogens with one attached hydrogen (secondary N) is 1. The molecule has 2 aromatic rings. The molecule has 6 nitrogen and oxygen atoms in total. The summed E-state index contributed by atoms with van der Waals surface area (Å²) in [6.45, 7) is 4.10. The Kier molecular flexibility index (Phi) is 7.29. The van der Waals surface area contributed by atoms with Gasteiger partial charge in [0.25, 0.3) is 0 Å². The maximum Gasteiger partial charge on any atom is 0.241 e. The summed E-state index contributed by atoms with van der Waals surface area (Å²) in [6, 6.07) is 10.6.